The summed E-state index contributed by atoms with van der Waals surface area (Å²) < 4.78 is 25.6. The first-order valence-electron chi connectivity index (χ1n) is 4.57. The highest BCUT2D eigenvalue weighted by Gasteiger charge is 2.12. The number of hydrogen-bond donors (Lipinski definition) is 1. The summed E-state index contributed by atoms with van der Waals surface area (Å²) in [4.78, 5) is 6.41. The van der Waals surface area contributed by atoms with E-state index >= 15 is 0 Å². The number of rotatable bonds is 6. The molecule has 86 valence electrons. The molecule has 0 aliphatic rings. The maximum absolute atomic E-state index is 11.6. The van der Waals surface area contributed by atoms with Crippen molar-refractivity contribution in [3.63, 3.8) is 0 Å². The number of nitrogens with zero attached hydrogens (tertiary/aromatic N) is 4. The smallest absolute Gasteiger partial charge is 0.242 e. The van der Waals surface area contributed by atoms with E-state index in [-0.39, 0.29) is 18.0 Å². The van der Waals surface area contributed by atoms with Crippen molar-refractivity contribution in [1.29, 1.82) is 0 Å². The lowest BCUT2D eigenvalue weighted by Crippen LogP contribution is -2.25. The van der Waals surface area contributed by atoms with Gasteiger partial charge in [-0.15, -0.1) is 0 Å². The minimum Gasteiger partial charge on any atom is -0.263 e. The second-order valence-electron chi connectivity index (χ2n) is 2.89. The SMILES string of the molecule is [N-]=[N+]=NCCCNS(=O)(=O)c1cccnc1. The van der Waals surface area contributed by atoms with Crippen molar-refractivity contribution in [3.8, 4) is 0 Å². The molecule has 1 heterocycles. The van der Waals surface area contributed by atoms with Crippen LogP contribution in [0.4, 0.5) is 0 Å². The molecule has 7 nitrogen and oxygen atoms in total. The highest BCUT2D eigenvalue weighted by Crippen LogP contribution is 2.04. The molecule has 16 heavy (non-hydrogen) atoms. The first kappa shape index (κ1) is 12.4. The quantitative estimate of drug-likeness (QED) is 0.348. The van der Waals surface area contributed by atoms with E-state index in [1.54, 1.807) is 6.07 Å². The maximum atomic E-state index is 11.6. The topological polar surface area (TPSA) is 108 Å². The van der Waals surface area contributed by atoms with Gasteiger partial charge in [-0.2, -0.15) is 0 Å². The molecular formula is C8H11N5O2S. The highest BCUT2D eigenvalue weighted by atomic mass is 32.2. The Balaban J connectivity index is 2.50. The monoisotopic (exact) mass is 241 g/mol. The second kappa shape index (κ2) is 6.06. The summed E-state index contributed by atoms with van der Waals surface area (Å²) >= 11 is 0. The third kappa shape index (κ3) is 3.85. The molecule has 0 atom stereocenters. The number of sulfonamides is 1. The standard InChI is InChI=1S/C8H11N5O2S/c9-13-11-5-2-6-12-16(14,15)8-3-1-4-10-7-8/h1,3-4,7,12H,2,5-6H2. The molecule has 0 aromatic carbocycles. The van der Waals surface area contributed by atoms with Crippen LogP contribution in [0, 0.1) is 0 Å². The average Bonchev–Trinajstić information content (AvgIpc) is 2.30. The van der Waals surface area contributed by atoms with Crippen LogP contribution in [-0.4, -0.2) is 26.5 Å². The molecule has 1 aromatic heterocycles. The van der Waals surface area contributed by atoms with E-state index in [0.29, 0.717) is 6.42 Å². The van der Waals surface area contributed by atoms with Gasteiger partial charge in [-0.1, -0.05) is 5.11 Å². The van der Waals surface area contributed by atoms with Crippen LogP contribution in [0.15, 0.2) is 34.5 Å². The maximum Gasteiger partial charge on any atom is 0.242 e. The van der Waals surface area contributed by atoms with Crippen LogP contribution in [0.2, 0.25) is 0 Å². The molecule has 0 saturated heterocycles. The van der Waals surface area contributed by atoms with Crippen LogP contribution >= 0.6 is 0 Å². The third-order valence-corrected chi connectivity index (χ3v) is 3.18. The Morgan fingerprint density at radius 1 is 1.56 bits per heavy atom. The molecule has 0 unspecified atom stereocenters. The normalized spacial score (nSPS) is 10.8. The van der Waals surface area contributed by atoms with Crippen molar-refractivity contribution in [2.75, 3.05) is 13.1 Å². The van der Waals surface area contributed by atoms with Gasteiger partial charge in [-0.25, -0.2) is 13.1 Å². The molecule has 0 aliphatic heterocycles. The molecule has 0 fully saturated rings. The van der Waals surface area contributed by atoms with E-state index in [4.69, 9.17) is 5.53 Å². The zero-order valence-corrected chi connectivity index (χ0v) is 9.26. The van der Waals surface area contributed by atoms with E-state index in [1.165, 1.54) is 18.5 Å². The summed E-state index contributed by atoms with van der Waals surface area (Å²) in [6, 6.07) is 3.01. The Kier molecular flexibility index (Phi) is 4.71. The van der Waals surface area contributed by atoms with Gasteiger partial charge in [0.2, 0.25) is 10.0 Å². The van der Waals surface area contributed by atoms with Gasteiger partial charge in [0.1, 0.15) is 4.90 Å². The van der Waals surface area contributed by atoms with Gasteiger partial charge in [0, 0.05) is 30.4 Å². The summed E-state index contributed by atoms with van der Waals surface area (Å²) in [6.07, 6.45) is 3.24. The zero-order chi connectivity index (χ0) is 11.9. The van der Waals surface area contributed by atoms with Crippen LogP contribution in [0.1, 0.15) is 6.42 Å². The Morgan fingerprint density at radius 2 is 2.38 bits per heavy atom. The second-order valence-corrected chi connectivity index (χ2v) is 4.66. The minimum atomic E-state index is -3.49. The molecule has 0 radical (unpaired) electrons. The van der Waals surface area contributed by atoms with Gasteiger partial charge in [-0.3, -0.25) is 4.98 Å². The van der Waals surface area contributed by atoms with Crippen molar-refractivity contribution in [1.82, 2.24) is 9.71 Å². The van der Waals surface area contributed by atoms with Crippen molar-refractivity contribution >= 4 is 10.0 Å². The number of azide groups is 1. The zero-order valence-electron chi connectivity index (χ0n) is 8.44. The van der Waals surface area contributed by atoms with E-state index in [0.717, 1.165) is 0 Å². The van der Waals surface area contributed by atoms with Crippen LogP contribution in [0.3, 0.4) is 0 Å². The molecular weight excluding hydrogens is 230 g/mol. The van der Waals surface area contributed by atoms with E-state index < -0.39 is 10.0 Å². The molecule has 1 aromatic rings. The summed E-state index contributed by atoms with van der Waals surface area (Å²) in [5.41, 5.74) is 8.01. The molecule has 0 bridgehead atoms. The molecule has 0 saturated carbocycles. The van der Waals surface area contributed by atoms with E-state index in [9.17, 15) is 8.42 Å². The Labute approximate surface area is 93.2 Å². The predicted octanol–water partition coefficient (Wildman–Crippen LogP) is 1.06. The average molecular weight is 241 g/mol. The first-order chi connectivity index (χ1) is 7.67. The molecule has 0 spiro atoms. The fourth-order valence-corrected chi connectivity index (χ4v) is 2.03. The van der Waals surface area contributed by atoms with Crippen molar-refractivity contribution < 1.29 is 8.42 Å². The first-order valence-corrected chi connectivity index (χ1v) is 6.05. The highest BCUT2D eigenvalue weighted by molar-refractivity contribution is 7.89. The summed E-state index contributed by atoms with van der Waals surface area (Å²) in [5.74, 6) is 0. The lowest BCUT2D eigenvalue weighted by molar-refractivity contribution is 0.579. The van der Waals surface area contributed by atoms with Crippen molar-refractivity contribution in [3.05, 3.63) is 35.0 Å². The van der Waals surface area contributed by atoms with Crippen molar-refractivity contribution in [2.45, 2.75) is 11.3 Å². The molecule has 1 rings (SSSR count). The Hall–Kier alpha value is -1.63. The van der Waals surface area contributed by atoms with E-state index in [1.807, 2.05) is 0 Å². The van der Waals surface area contributed by atoms with Gasteiger partial charge in [0.05, 0.1) is 0 Å². The molecule has 0 amide bonds. The lowest BCUT2D eigenvalue weighted by Gasteiger charge is -2.04. The molecule has 1 N–H and O–H groups in total. The Bertz CT molecular complexity index is 466. The summed E-state index contributed by atoms with van der Waals surface area (Å²) in [6.45, 7) is 0.502. The van der Waals surface area contributed by atoms with Gasteiger partial charge in [-0.05, 0) is 24.1 Å². The summed E-state index contributed by atoms with van der Waals surface area (Å²) in [5, 5.41) is 3.30. The predicted molar refractivity (Wildman–Crippen MR) is 58.1 cm³/mol. The van der Waals surface area contributed by atoms with Crippen LogP contribution in [-0.2, 0) is 10.0 Å². The number of pyridine rings is 1. The van der Waals surface area contributed by atoms with Gasteiger partial charge >= 0.3 is 0 Å². The van der Waals surface area contributed by atoms with Crippen LogP contribution in [0.5, 0.6) is 0 Å². The number of hydrogen-bond acceptors (Lipinski definition) is 4. The number of nitrogens with one attached hydrogen (secondary N) is 1. The lowest BCUT2D eigenvalue weighted by atomic mass is 10.4. The molecule has 0 aliphatic carbocycles. The summed E-state index contributed by atoms with van der Waals surface area (Å²) in [7, 11) is -3.49. The molecule has 8 heteroatoms. The fourth-order valence-electron chi connectivity index (χ4n) is 0.990. The van der Waals surface area contributed by atoms with Gasteiger partial charge in [0.15, 0.2) is 0 Å². The van der Waals surface area contributed by atoms with E-state index in [2.05, 4.69) is 19.7 Å². The number of aromatic nitrogens is 1. The van der Waals surface area contributed by atoms with Crippen LogP contribution in [0.25, 0.3) is 10.4 Å². The fraction of sp³-hybridized carbons (Fsp3) is 0.375. The van der Waals surface area contributed by atoms with Crippen LogP contribution < -0.4 is 4.72 Å². The Morgan fingerprint density at radius 3 is 3.00 bits per heavy atom. The largest absolute Gasteiger partial charge is 0.263 e. The minimum absolute atomic E-state index is 0.124. The van der Waals surface area contributed by atoms with Crippen molar-refractivity contribution in [2.24, 2.45) is 5.11 Å². The third-order valence-electron chi connectivity index (χ3n) is 1.73. The van der Waals surface area contributed by atoms with Gasteiger partial charge < -0.3 is 0 Å². The van der Waals surface area contributed by atoms with Gasteiger partial charge in [0.25, 0.3) is 0 Å².